The minimum Gasteiger partial charge on any atom is -0.466 e. The molecule has 7 heteroatoms. The molecule has 0 spiro atoms. The van der Waals surface area contributed by atoms with E-state index in [1.54, 1.807) is 6.92 Å². The molecule has 7 nitrogen and oxygen atoms in total. The molecular weight excluding hydrogens is 422 g/mol. The fourth-order valence-corrected chi connectivity index (χ4v) is 4.53. The maximum Gasteiger partial charge on any atom is 0.408 e. The summed E-state index contributed by atoms with van der Waals surface area (Å²) in [5.41, 5.74) is -0.389. The Bertz CT molecular complexity index is 626. The van der Waals surface area contributed by atoms with Crippen LogP contribution in [-0.4, -0.2) is 49.3 Å². The fraction of sp³-hybridized carbons (Fsp3) is 0.846. The quantitative estimate of drug-likeness (QED) is 0.294. The summed E-state index contributed by atoms with van der Waals surface area (Å²) in [7, 11) is 0. The number of hydrogen-bond donors (Lipinski definition) is 1. The third-order valence-electron chi connectivity index (χ3n) is 6.58. The van der Waals surface area contributed by atoms with E-state index in [0.29, 0.717) is 13.0 Å². The Morgan fingerprint density at radius 3 is 2.48 bits per heavy atom. The summed E-state index contributed by atoms with van der Waals surface area (Å²) in [6, 6.07) is -0.324. The highest BCUT2D eigenvalue weighted by molar-refractivity contribution is 5.70. The molecule has 1 heterocycles. The molecule has 0 radical (unpaired) electrons. The van der Waals surface area contributed by atoms with Gasteiger partial charge in [0.2, 0.25) is 0 Å². The first kappa shape index (κ1) is 27.6. The Labute approximate surface area is 199 Å². The zero-order valence-corrected chi connectivity index (χ0v) is 21.3. The Kier molecular flexibility index (Phi) is 11.2. The van der Waals surface area contributed by atoms with E-state index in [0.717, 1.165) is 38.7 Å². The van der Waals surface area contributed by atoms with E-state index in [1.807, 2.05) is 26.8 Å². The second-order valence-electron chi connectivity index (χ2n) is 10.3. The number of nitrogens with one attached hydrogen (secondary N) is 1. The lowest BCUT2D eigenvalue weighted by atomic mass is 9.62. The number of amides is 1. The van der Waals surface area contributed by atoms with Gasteiger partial charge in [0.1, 0.15) is 5.60 Å². The molecule has 0 aromatic carbocycles. The van der Waals surface area contributed by atoms with Crippen LogP contribution in [0.2, 0.25) is 0 Å². The number of carbonyl (C=O) groups is 2. The minimum absolute atomic E-state index is 0.0860. The van der Waals surface area contributed by atoms with Crippen molar-refractivity contribution in [2.75, 3.05) is 13.2 Å². The normalized spacial score (nSPS) is 22.3. The van der Waals surface area contributed by atoms with E-state index < -0.39 is 11.7 Å². The number of esters is 1. The van der Waals surface area contributed by atoms with E-state index in [-0.39, 0.29) is 36.2 Å². The van der Waals surface area contributed by atoms with Crippen LogP contribution in [0.4, 0.5) is 4.79 Å². The molecular formula is C26H45NO6. The second-order valence-corrected chi connectivity index (χ2v) is 10.3. The molecule has 1 saturated carbocycles. The predicted molar refractivity (Wildman–Crippen MR) is 128 cm³/mol. The Balaban J connectivity index is 2.03. The third-order valence-corrected chi connectivity index (χ3v) is 6.58. The summed E-state index contributed by atoms with van der Waals surface area (Å²) >= 11 is 0. The average molecular weight is 468 g/mol. The zero-order valence-electron chi connectivity index (χ0n) is 21.3. The van der Waals surface area contributed by atoms with E-state index in [9.17, 15) is 9.59 Å². The van der Waals surface area contributed by atoms with Gasteiger partial charge in [0.25, 0.3) is 0 Å². The summed E-state index contributed by atoms with van der Waals surface area (Å²) in [6.45, 7) is 10.6. The van der Waals surface area contributed by atoms with Crippen LogP contribution in [0, 0.1) is 5.41 Å². The van der Waals surface area contributed by atoms with Gasteiger partial charge >= 0.3 is 12.1 Å². The molecule has 1 amide bonds. The van der Waals surface area contributed by atoms with E-state index in [2.05, 4.69) is 18.3 Å². The van der Waals surface area contributed by atoms with E-state index in [1.165, 1.54) is 19.3 Å². The summed E-state index contributed by atoms with van der Waals surface area (Å²) in [6.07, 6.45) is 12.8. The van der Waals surface area contributed by atoms with Crippen molar-refractivity contribution in [1.29, 1.82) is 0 Å². The highest BCUT2D eigenvalue weighted by Crippen LogP contribution is 2.49. The average Bonchev–Trinajstić information content (AvgIpc) is 2.71. The van der Waals surface area contributed by atoms with Crippen molar-refractivity contribution < 1.29 is 28.5 Å². The Morgan fingerprint density at radius 1 is 1.18 bits per heavy atom. The number of alkyl carbamates (subject to hydrolysis) is 1. The second kappa shape index (κ2) is 13.3. The molecule has 33 heavy (non-hydrogen) atoms. The van der Waals surface area contributed by atoms with Crippen LogP contribution in [0.25, 0.3) is 0 Å². The molecule has 0 aromatic rings. The minimum atomic E-state index is -0.587. The number of rotatable bonds is 12. The van der Waals surface area contributed by atoms with Crippen LogP contribution >= 0.6 is 0 Å². The molecule has 190 valence electrons. The smallest absolute Gasteiger partial charge is 0.408 e. The van der Waals surface area contributed by atoms with Gasteiger partial charge in [-0.3, -0.25) is 4.79 Å². The zero-order chi connectivity index (χ0) is 24.3. The lowest BCUT2D eigenvalue weighted by molar-refractivity contribution is -0.222. The first-order valence-electron chi connectivity index (χ1n) is 12.8. The van der Waals surface area contributed by atoms with Crippen molar-refractivity contribution >= 4 is 12.1 Å². The summed E-state index contributed by atoms with van der Waals surface area (Å²) in [5.74, 6) is -0.267. The summed E-state index contributed by atoms with van der Waals surface area (Å²) in [4.78, 5) is 24.2. The van der Waals surface area contributed by atoms with Crippen molar-refractivity contribution in [3.63, 3.8) is 0 Å². The van der Waals surface area contributed by atoms with Crippen molar-refractivity contribution in [1.82, 2.24) is 5.32 Å². The van der Waals surface area contributed by atoms with E-state index in [4.69, 9.17) is 18.9 Å². The van der Waals surface area contributed by atoms with Crippen molar-refractivity contribution in [2.24, 2.45) is 5.41 Å². The van der Waals surface area contributed by atoms with Gasteiger partial charge in [-0.05, 0) is 84.5 Å². The largest absolute Gasteiger partial charge is 0.466 e. The first-order chi connectivity index (χ1) is 15.7. The van der Waals surface area contributed by atoms with Gasteiger partial charge in [0, 0.05) is 13.0 Å². The maximum absolute atomic E-state index is 12.3. The third kappa shape index (κ3) is 9.65. The molecule has 1 N–H and O–H groups in total. The maximum atomic E-state index is 12.3. The van der Waals surface area contributed by atoms with Gasteiger partial charge in [0.15, 0.2) is 6.29 Å². The van der Waals surface area contributed by atoms with Gasteiger partial charge < -0.3 is 24.3 Å². The molecule has 1 unspecified atom stereocenters. The monoisotopic (exact) mass is 467 g/mol. The Morgan fingerprint density at radius 2 is 1.94 bits per heavy atom. The predicted octanol–water partition coefficient (Wildman–Crippen LogP) is 5.66. The van der Waals surface area contributed by atoms with Crippen LogP contribution in [-0.2, 0) is 23.7 Å². The highest BCUT2D eigenvalue weighted by atomic mass is 16.7. The number of ether oxygens (including phenoxy) is 4. The van der Waals surface area contributed by atoms with Crippen LogP contribution in [0.15, 0.2) is 12.2 Å². The highest BCUT2D eigenvalue weighted by Gasteiger charge is 2.43. The standard InChI is InChI=1S/C26H45NO6/c1-6-26(17-11-18-26)21(32-23-14-8-9-19-31-23)13-10-12-20(15-16-22(28)30-7-2)27-24(29)33-25(3,4)5/h10,12,20-21,23H,6-9,11,13-19H2,1-5H3,(H,27,29)/b12-10+/t20-,21-,23?/m0/s1. The van der Waals surface area contributed by atoms with Crippen molar-refractivity contribution in [3.05, 3.63) is 12.2 Å². The molecule has 0 bridgehead atoms. The molecule has 2 rings (SSSR count). The van der Waals surface area contributed by atoms with Crippen molar-refractivity contribution in [3.8, 4) is 0 Å². The molecule has 2 aliphatic rings. The van der Waals surface area contributed by atoms with Crippen molar-refractivity contribution in [2.45, 2.75) is 123 Å². The van der Waals surface area contributed by atoms with Crippen LogP contribution in [0.3, 0.4) is 0 Å². The topological polar surface area (TPSA) is 83.1 Å². The lowest BCUT2D eigenvalue weighted by Gasteiger charge is -2.48. The van der Waals surface area contributed by atoms with Gasteiger partial charge in [-0.2, -0.15) is 0 Å². The van der Waals surface area contributed by atoms with Gasteiger partial charge in [0.05, 0.1) is 18.8 Å². The van der Waals surface area contributed by atoms with Crippen LogP contribution in [0.1, 0.15) is 98.8 Å². The molecule has 3 atom stereocenters. The summed E-state index contributed by atoms with van der Waals surface area (Å²) < 4.78 is 22.8. The number of carbonyl (C=O) groups excluding carboxylic acids is 2. The SMILES string of the molecule is CCOC(=O)CC[C@H](/C=C/C[C@H](OC1CCCCO1)C1(CC)CCC1)NC(=O)OC(C)(C)C. The Hall–Kier alpha value is -1.60. The molecule has 2 fully saturated rings. The molecule has 0 aromatic heterocycles. The van der Waals surface area contributed by atoms with Crippen LogP contribution < -0.4 is 5.32 Å². The number of hydrogen-bond acceptors (Lipinski definition) is 6. The van der Waals surface area contributed by atoms with Gasteiger partial charge in [-0.1, -0.05) is 25.5 Å². The van der Waals surface area contributed by atoms with E-state index >= 15 is 0 Å². The lowest BCUT2D eigenvalue weighted by Crippen LogP contribution is -2.45. The first-order valence-corrected chi connectivity index (χ1v) is 12.8. The molecule has 1 aliphatic carbocycles. The van der Waals surface area contributed by atoms with Gasteiger partial charge in [-0.15, -0.1) is 0 Å². The molecule has 1 aliphatic heterocycles. The summed E-state index contributed by atoms with van der Waals surface area (Å²) in [5, 5.41) is 2.89. The van der Waals surface area contributed by atoms with Gasteiger partial charge in [-0.25, -0.2) is 4.79 Å². The van der Waals surface area contributed by atoms with Crippen LogP contribution in [0.5, 0.6) is 0 Å². The fourth-order valence-electron chi connectivity index (χ4n) is 4.53. The molecule has 1 saturated heterocycles.